The molecular weight excluding hydrogens is 488 g/mol. The monoisotopic (exact) mass is 520 g/mol. The lowest BCUT2D eigenvalue weighted by Crippen LogP contribution is -2.57. The molecule has 38 heavy (non-hydrogen) atoms. The van der Waals surface area contributed by atoms with Crippen LogP contribution in [0.5, 0.6) is 5.75 Å². The molecule has 0 radical (unpaired) electrons. The van der Waals surface area contributed by atoms with Crippen molar-refractivity contribution in [2.24, 2.45) is 5.92 Å². The molecule has 3 aromatic rings. The molecule has 4 rings (SSSR count). The largest absolute Gasteiger partial charge is 0.489 e. The Morgan fingerprint density at radius 2 is 1.87 bits per heavy atom. The highest BCUT2D eigenvalue weighted by atomic mass is 16.6. The van der Waals surface area contributed by atoms with Gasteiger partial charge in [0.1, 0.15) is 12.4 Å². The first kappa shape index (κ1) is 26.9. The number of hydrogen-bond donors (Lipinski definition) is 3. The maximum atomic E-state index is 13.0. The fraction of sp³-hybridized carbons (Fsp3) is 0.357. The summed E-state index contributed by atoms with van der Waals surface area (Å²) in [6.45, 7) is 6.13. The Bertz CT molecular complexity index is 1310. The number of nitrogens with one attached hydrogen (secondary N) is 2. The molecule has 10 nitrogen and oxygen atoms in total. The van der Waals surface area contributed by atoms with Crippen molar-refractivity contribution >= 4 is 28.8 Å². The van der Waals surface area contributed by atoms with E-state index >= 15 is 0 Å². The fourth-order valence-electron chi connectivity index (χ4n) is 4.57. The van der Waals surface area contributed by atoms with E-state index in [1.807, 2.05) is 37.3 Å². The lowest BCUT2D eigenvalue weighted by Gasteiger charge is -2.37. The van der Waals surface area contributed by atoms with Crippen molar-refractivity contribution in [3.8, 4) is 5.75 Å². The second-order valence-corrected chi connectivity index (χ2v) is 9.58. The maximum absolute atomic E-state index is 13.0. The van der Waals surface area contributed by atoms with Gasteiger partial charge in [0.15, 0.2) is 0 Å². The maximum Gasteiger partial charge on any atom is 0.410 e. The standard InChI is InChI=1S/C28H32N4O6/c1-17(2)38-28(35)32-13-12-23(27(34)31-36)25(15-32)30-26(33)19-8-10-21(11-9-19)37-16-20-14-18(3)29-24-7-5-4-6-22(20)24/h4-11,14,17,23,25,36H,12-13,15-16H2,1-3H3,(H,30,33)(H,31,34)/t23-,25+/m0/s1. The van der Waals surface area contributed by atoms with Crippen LogP contribution in [0.4, 0.5) is 4.79 Å². The molecule has 3 amide bonds. The molecule has 2 atom stereocenters. The van der Waals surface area contributed by atoms with Crippen LogP contribution in [0.3, 0.4) is 0 Å². The molecule has 1 aromatic heterocycles. The number of piperidine rings is 1. The van der Waals surface area contributed by atoms with Crippen LogP contribution in [-0.4, -0.2) is 58.2 Å². The van der Waals surface area contributed by atoms with E-state index in [-0.39, 0.29) is 25.6 Å². The van der Waals surface area contributed by atoms with Gasteiger partial charge in [-0.1, -0.05) is 18.2 Å². The number of carbonyl (C=O) groups excluding carboxylic acids is 3. The van der Waals surface area contributed by atoms with Crippen molar-refractivity contribution < 1.29 is 29.1 Å². The van der Waals surface area contributed by atoms with Crippen LogP contribution in [0.2, 0.25) is 0 Å². The number of ether oxygens (including phenoxy) is 2. The molecule has 0 unspecified atom stereocenters. The third-order valence-corrected chi connectivity index (χ3v) is 6.41. The average Bonchev–Trinajstić information content (AvgIpc) is 2.91. The number of hydroxylamine groups is 1. The summed E-state index contributed by atoms with van der Waals surface area (Å²) in [5.74, 6) is -1.13. The number of para-hydroxylation sites is 1. The van der Waals surface area contributed by atoms with Crippen molar-refractivity contribution in [2.75, 3.05) is 13.1 Å². The Morgan fingerprint density at radius 3 is 2.58 bits per heavy atom. The van der Waals surface area contributed by atoms with E-state index in [0.29, 0.717) is 17.9 Å². The van der Waals surface area contributed by atoms with Gasteiger partial charge in [-0.15, -0.1) is 0 Å². The molecule has 0 saturated carbocycles. The number of carbonyl (C=O) groups is 3. The zero-order chi connectivity index (χ0) is 27.2. The number of pyridine rings is 1. The third kappa shape index (κ3) is 6.38. The summed E-state index contributed by atoms with van der Waals surface area (Å²) in [6.07, 6.45) is -0.544. The van der Waals surface area contributed by atoms with Gasteiger partial charge >= 0.3 is 6.09 Å². The number of amides is 3. The summed E-state index contributed by atoms with van der Waals surface area (Å²) < 4.78 is 11.2. The molecular formula is C28H32N4O6. The van der Waals surface area contributed by atoms with E-state index < -0.39 is 29.9 Å². The zero-order valence-corrected chi connectivity index (χ0v) is 21.6. The molecule has 1 aliphatic rings. The lowest BCUT2D eigenvalue weighted by atomic mass is 9.90. The van der Waals surface area contributed by atoms with Crippen LogP contribution in [0.15, 0.2) is 54.6 Å². The van der Waals surface area contributed by atoms with E-state index in [1.165, 1.54) is 4.90 Å². The van der Waals surface area contributed by atoms with Gasteiger partial charge < -0.3 is 19.7 Å². The van der Waals surface area contributed by atoms with Crippen LogP contribution in [0, 0.1) is 12.8 Å². The molecule has 0 aliphatic carbocycles. The molecule has 1 aliphatic heterocycles. The van der Waals surface area contributed by atoms with Crippen molar-refractivity contribution in [3.05, 3.63) is 71.4 Å². The number of benzene rings is 2. The van der Waals surface area contributed by atoms with Gasteiger partial charge in [0.05, 0.1) is 23.6 Å². The quantitative estimate of drug-likeness (QED) is 0.321. The summed E-state index contributed by atoms with van der Waals surface area (Å²) in [7, 11) is 0. The van der Waals surface area contributed by atoms with Crippen molar-refractivity contribution in [1.29, 1.82) is 0 Å². The highest BCUT2D eigenvalue weighted by Gasteiger charge is 2.37. The van der Waals surface area contributed by atoms with Crippen molar-refractivity contribution in [3.63, 3.8) is 0 Å². The van der Waals surface area contributed by atoms with Crippen LogP contribution in [0.1, 0.15) is 41.9 Å². The van der Waals surface area contributed by atoms with Crippen LogP contribution >= 0.6 is 0 Å². The minimum Gasteiger partial charge on any atom is -0.489 e. The first-order chi connectivity index (χ1) is 18.2. The van der Waals surface area contributed by atoms with Gasteiger partial charge in [-0.25, -0.2) is 10.3 Å². The molecule has 200 valence electrons. The Balaban J connectivity index is 1.41. The molecule has 1 fully saturated rings. The first-order valence-corrected chi connectivity index (χ1v) is 12.5. The van der Waals surface area contributed by atoms with E-state index in [1.54, 1.807) is 43.6 Å². The number of aromatic nitrogens is 1. The summed E-state index contributed by atoms with van der Waals surface area (Å²) in [4.78, 5) is 43.6. The zero-order valence-electron chi connectivity index (χ0n) is 21.6. The van der Waals surface area contributed by atoms with Gasteiger partial charge in [0, 0.05) is 35.3 Å². The highest BCUT2D eigenvalue weighted by molar-refractivity contribution is 5.95. The number of fused-ring (bicyclic) bond motifs is 1. The van der Waals surface area contributed by atoms with Crippen molar-refractivity contribution in [1.82, 2.24) is 20.7 Å². The number of nitrogens with zero attached hydrogens (tertiary/aromatic N) is 2. The molecule has 0 bridgehead atoms. The highest BCUT2D eigenvalue weighted by Crippen LogP contribution is 2.22. The predicted molar refractivity (Wildman–Crippen MR) is 140 cm³/mol. The Labute approximate surface area is 220 Å². The van der Waals surface area contributed by atoms with E-state index in [4.69, 9.17) is 14.7 Å². The topological polar surface area (TPSA) is 130 Å². The van der Waals surface area contributed by atoms with Crippen LogP contribution in [0.25, 0.3) is 10.9 Å². The smallest absolute Gasteiger partial charge is 0.410 e. The minimum atomic E-state index is -0.706. The molecule has 3 N–H and O–H groups in total. The summed E-state index contributed by atoms with van der Waals surface area (Å²) in [5, 5.41) is 13.0. The molecule has 1 saturated heterocycles. The lowest BCUT2D eigenvalue weighted by molar-refractivity contribution is -0.135. The van der Waals surface area contributed by atoms with Crippen molar-refractivity contribution in [2.45, 2.75) is 45.9 Å². The van der Waals surface area contributed by atoms with Gasteiger partial charge in [-0.3, -0.25) is 19.8 Å². The predicted octanol–water partition coefficient (Wildman–Crippen LogP) is 3.59. The van der Waals surface area contributed by atoms with Crippen LogP contribution in [-0.2, 0) is 16.1 Å². The first-order valence-electron chi connectivity index (χ1n) is 12.5. The fourth-order valence-corrected chi connectivity index (χ4v) is 4.57. The summed E-state index contributed by atoms with van der Waals surface area (Å²) in [6, 6.07) is 15.8. The van der Waals surface area contributed by atoms with E-state index in [9.17, 15) is 14.4 Å². The van der Waals surface area contributed by atoms with Gasteiger partial charge in [-0.05, 0) is 63.6 Å². The molecule has 0 spiro atoms. The third-order valence-electron chi connectivity index (χ3n) is 6.41. The Kier molecular flexibility index (Phi) is 8.42. The summed E-state index contributed by atoms with van der Waals surface area (Å²) in [5.41, 5.74) is 4.85. The number of hydrogen-bond acceptors (Lipinski definition) is 7. The summed E-state index contributed by atoms with van der Waals surface area (Å²) >= 11 is 0. The molecule has 10 heteroatoms. The normalized spacial score (nSPS) is 17.2. The molecule has 2 heterocycles. The molecule has 2 aromatic carbocycles. The van der Waals surface area contributed by atoms with Gasteiger partial charge in [0.2, 0.25) is 5.91 Å². The second-order valence-electron chi connectivity index (χ2n) is 9.58. The van der Waals surface area contributed by atoms with E-state index in [0.717, 1.165) is 22.2 Å². The number of rotatable bonds is 7. The average molecular weight is 521 g/mol. The van der Waals surface area contributed by atoms with E-state index in [2.05, 4.69) is 10.3 Å². The van der Waals surface area contributed by atoms with Gasteiger partial charge in [0.25, 0.3) is 5.91 Å². The minimum absolute atomic E-state index is 0.0792. The number of aryl methyl sites for hydroxylation is 1. The van der Waals surface area contributed by atoms with Crippen LogP contribution < -0.4 is 15.5 Å². The number of likely N-dealkylation sites (tertiary alicyclic amines) is 1. The second kappa shape index (κ2) is 11.9. The SMILES string of the molecule is Cc1cc(COc2ccc(C(=O)N[C@@H]3CN(C(=O)OC(C)C)CC[C@@H]3C(=O)NO)cc2)c2ccccc2n1. The Morgan fingerprint density at radius 1 is 1.13 bits per heavy atom. The van der Waals surface area contributed by atoms with Gasteiger partial charge in [-0.2, -0.15) is 0 Å². The Hall–Kier alpha value is -4.18.